The summed E-state index contributed by atoms with van der Waals surface area (Å²) in [6.07, 6.45) is 4.61. The summed E-state index contributed by atoms with van der Waals surface area (Å²) in [4.78, 5) is 27.3. The van der Waals surface area contributed by atoms with Gasteiger partial charge in [-0.05, 0) is 38.5 Å². The first-order valence-electron chi connectivity index (χ1n) is 7.73. The topological polar surface area (TPSA) is 49.4 Å². The molecule has 1 saturated carbocycles. The fourth-order valence-corrected chi connectivity index (χ4v) is 3.33. The smallest absolute Gasteiger partial charge is 0.248 e. The molecular formula is C16H28N2O2. The van der Waals surface area contributed by atoms with E-state index in [1.165, 1.54) is 0 Å². The maximum atomic E-state index is 12.8. The molecule has 20 heavy (non-hydrogen) atoms. The molecule has 2 rings (SSSR count). The summed E-state index contributed by atoms with van der Waals surface area (Å²) in [7, 11) is 0. The predicted molar refractivity (Wildman–Crippen MR) is 79.2 cm³/mol. The highest BCUT2D eigenvalue weighted by atomic mass is 16.2. The van der Waals surface area contributed by atoms with Crippen LogP contribution in [0.3, 0.4) is 0 Å². The third-order valence-electron chi connectivity index (χ3n) is 4.66. The summed E-state index contributed by atoms with van der Waals surface area (Å²) in [6, 6.07) is 0. The van der Waals surface area contributed by atoms with Crippen LogP contribution in [0.25, 0.3) is 0 Å². The lowest BCUT2D eigenvalue weighted by Crippen LogP contribution is -2.73. The van der Waals surface area contributed by atoms with E-state index in [0.29, 0.717) is 6.54 Å². The minimum absolute atomic E-state index is 0.0495. The van der Waals surface area contributed by atoms with Crippen LogP contribution in [0.2, 0.25) is 0 Å². The Hall–Kier alpha value is -1.06. The molecule has 0 bridgehead atoms. The van der Waals surface area contributed by atoms with E-state index in [2.05, 4.69) is 26.1 Å². The zero-order chi connectivity index (χ0) is 15.2. The van der Waals surface area contributed by atoms with Crippen molar-refractivity contribution < 1.29 is 9.59 Å². The van der Waals surface area contributed by atoms with Crippen LogP contribution < -0.4 is 5.32 Å². The molecule has 0 atom stereocenters. The first-order valence-corrected chi connectivity index (χ1v) is 7.73. The lowest BCUT2D eigenvalue weighted by atomic mass is 9.83. The van der Waals surface area contributed by atoms with Gasteiger partial charge in [0.05, 0.1) is 0 Å². The number of nitrogens with one attached hydrogen (secondary N) is 1. The van der Waals surface area contributed by atoms with Crippen LogP contribution in [-0.2, 0) is 9.59 Å². The quantitative estimate of drug-likeness (QED) is 0.844. The second kappa shape index (κ2) is 4.74. The molecule has 0 radical (unpaired) electrons. The van der Waals surface area contributed by atoms with E-state index < -0.39 is 11.1 Å². The summed E-state index contributed by atoms with van der Waals surface area (Å²) in [5.74, 6) is 0.122. The van der Waals surface area contributed by atoms with Gasteiger partial charge in [0.15, 0.2) is 0 Å². The molecule has 1 aliphatic carbocycles. The Morgan fingerprint density at radius 2 is 1.70 bits per heavy atom. The van der Waals surface area contributed by atoms with E-state index >= 15 is 0 Å². The van der Waals surface area contributed by atoms with E-state index in [1.54, 1.807) is 13.8 Å². The maximum Gasteiger partial charge on any atom is 0.248 e. The van der Waals surface area contributed by atoms with Crippen LogP contribution in [0.4, 0.5) is 0 Å². The Morgan fingerprint density at radius 3 is 2.20 bits per heavy atom. The van der Waals surface area contributed by atoms with Crippen molar-refractivity contribution in [2.45, 2.75) is 77.8 Å². The molecule has 2 aliphatic rings. The van der Waals surface area contributed by atoms with Gasteiger partial charge in [-0.15, -0.1) is 0 Å². The number of carbonyl (C=O) groups excluding carboxylic acids is 2. The van der Waals surface area contributed by atoms with Crippen LogP contribution in [0.5, 0.6) is 0 Å². The molecule has 1 heterocycles. The Balaban J connectivity index is 2.29. The monoisotopic (exact) mass is 280 g/mol. The van der Waals surface area contributed by atoms with Crippen molar-refractivity contribution in [3.05, 3.63) is 0 Å². The average molecular weight is 280 g/mol. The van der Waals surface area contributed by atoms with Crippen LogP contribution in [0.15, 0.2) is 0 Å². The Kier molecular flexibility index (Phi) is 3.64. The van der Waals surface area contributed by atoms with Gasteiger partial charge in [0, 0.05) is 6.54 Å². The zero-order valence-electron chi connectivity index (χ0n) is 13.5. The van der Waals surface area contributed by atoms with Crippen molar-refractivity contribution >= 4 is 11.8 Å². The molecule has 0 aromatic heterocycles. The molecule has 4 heteroatoms. The van der Waals surface area contributed by atoms with Crippen LogP contribution in [0.1, 0.15) is 66.7 Å². The van der Waals surface area contributed by atoms with Gasteiger partial charge in [0.1, 0.15) is 11.1 Å². The SMILES string of the molecule is CC(C)(C)CCN1C(=O)C(C)(C)NC(=O)C12CCCC2. The molecule has 4 nitrogen and oxygen atoms in total. The molecule has 1 N–H and O–H groups in total. The largest absolute Gasteiger partial charge is 0.340 e. The van der Waals surface area contributed by atoms with E-state index in [0.717, 1.165) is 32.1 Å². The molecule has 2 fully saturated rings. The van der Waals surface area contributed by atoms with Crippen molar-refractivity contribution in [3.63, 3.8) is 0 Å². The van der Waals surface area contributed by atoms with E-state index in [4.69, 9.17) is 0 Å². The lowest BCUT2D eigenvalue weighted by Gasteiger charge is -2.50. The Bertz CT molecular complexity index is 415. The fraction of sp³-hybridized carbons (Fsp3) is 0.875. The Morgan fingerprint density at radius 1 is 1.15 bits per heavy atom. The maximum absolute atomic E-state index is 12.8. The van der Waals surface area contributed by atoms with Crippen LogP contribution >= 0.6 is 0 Å². The summed E-state index contributed by atoms with van der Waals surface area (Å²) >= 11 is 0. The molecule has 0 unspecified atom stereocenters. The number of hydrogen-bond donors (Lipinski definition) is 1. The average Bonchev–Trinajstić information content (AvgIpc) is 2.75. The highest BCUT2D eigenvalue weighted by Crippen LogP contribution is 2.40. The first kappa shape index (κ1) is 15.3. The molecular weight excluding hydrogens is 252 g/mol. The molecule has 0 aromatic carbocycles. The number of rotatable bonds is 2. The third kappa shape index (κ3) is 2.57. The third-order valence-corrected chi connectivity index (χ3v) is 4.66. The first-order chi connectivity index (χ1) is 9.08. The second-order valence-electron chi connectivity index (χ2n) is 8.09. The van der Waals surface area contributed by atoms with Gasteiger partial charge in [-0.3, -0.25) is 9.59 Å². The van der Waals surface area contributed by atoms with Gasteiger partial charge in [-0.2, -0.15) is 0 Å². The fourth-order valence-electron chi connectivity index (χ4n) is 3.33. The van der Waals surface area contributed by atoms with Gasteiger partial charge >= 0.3 is 0 Å². The van der Waals surface area contributed by atoms with Gasteiger partial charge in [-0.25, -0.2) is 0 Å². The number of piperazine rings is 1. The van der Waals surface area contributed by atoms with Gasteiger partial charge in [0.2, 0.25) is 11.8 Å². The van der Waals surface area contributed by atoms with Crippen molar-refractivity contribution in [1.29, 1.82) is 0 Å². The minimum Gasteiger partial charge on any atom is -0.340 e. The molecule has 114 valence electrons. The van der Waals surface area contributed by atoms with Crippen molar-refractivity contribution in [3.8, 4) is 0 Å². The minimum atomic E-state index is -0.775. The van der Waals surface area contributed by atoms with Gasteiger partial charge < -0.3 is 10.2 Å². The van der Waals surface area contributed by atoms with Gasteiger partial charge in [0.25, 0.3) is 0 Å². The number of nitrogens with zero attached hydrogens (tertiary/aromatic N) is 1. The molecule has 1 spiro atoms. The van der Waals surface area contributed by atoms with Crippen molar-refractivity contribution in [2.75, 3.05) is 6.54 Å². The molecule has 0 aromatic rings. The highest BCUT2D eigenvalue weighted by Gasteiger charge is 2.56. The van der Waals surface area contributed by atoms with Crippen LogP contribution in [0, 0.1) is 5.41 Å². The second-order valence-corrected chi connectivity index (χ2v) is 8.09. The van der Waals surface area contributed by atoms with E-state index in [1.807, 2.05) is 4.90 Å². The Labute approximate surface area is 122 Å². The molecule has 1 saturated heterocycles. The summed E-state index contributed by atoms with van der Waals surface area (Å²) in [6.45, 7) is 10.8. The van der Waals surface area contributed by atoms with Crippen molar-refractivity contribution in [1.82, 2.24) is 10.2 Å². The van der Waals surface area contributed by atoms with Gasteiger partial charge in [-0.1, -0.05) is 33.6 Å². The number of amides is 2. The predicted octanol–water partition coefficient (Wildman–Crippen LogP) is 2.47. The summed E-state index contributed by atoms with van der Waals surface area (Å²) < 4.78 is 0. The van der Waals surface area contributed by atoms with E-state index in [-0.39, 0.29) is 17.2 Å². The van der Waals surface area contributed by atoms with Crippen molar-refractivity contribution in [2.24, 2.45) is 5.41 Å². The highest BCUT2D eigenvalue weighted by molar-refractivity contribution is 6.02. The summed E-state index contributed by atoms with van der Waals surface area (Å²) in [5, 5.41) is 2.94. The number of carbonyl (C=O) groups is 2. The van der Waals surface area contributed by atoms with E-state index in [9.17, 15) is 9.59 Å². The van der Waals surface area contributed by atoms with Crippen LogP contribution in [-0.4, -0.2) is 34.3 Å². The molecule has 1 aliphatic heterocycles. The lowest BCUT2D eigenvalue weighted by molar-refractivity contribution is -0.162. The normalized spacial score (nSPS) is 25.1. The summed E-state index contributed by atoms with van der Waals surface area (Å²) in [5.41, 5.74) is -1.18. The zero-order valence-corrected chi connectivity index (χ0v) is 13.5. The molecule has 2 amide bonds. The number of hydrogen-bond acceptors (Lipinski definition) is 2. The standard InChI is InChI=1S/C16H28N2O2/c1-14(2,3)10-11-18-13(20)15(4,5)17-12(19)16(18)8-6-7-9-16/h6-11H2,1-5H3,(H,17,19).